The molecular weight excluding hydrogens is 522 g/mol. The van der Waals surface area contributed by atoms with E-state index >= 15 is 0 Å². The highest BCUT2D eigenvalue weighted by atomic mass is 32.2. The van der Waals surface area contributed by atoms with E-state index in [2.05, 4.69) is 5.32 Å². The second-order valence-corrected chi connectivity index (χ2v) is 9.75. The first kappa shape index (κ1) is 27.4. The molecular formula is C28H25N3O7S. The minimum atomic E-state index is -0.557. The molecule has 1 fully saturated rings. The lowest BCUT2D eigenvalue weighted by molar-refractivity contribution is -0.384. The van der Waals surface area contributed by atoms with Crippen molar-refractivity contribution in [3.8, 4) is 11.5 Å². The lowest BCUT2D eigenvalue weighted by atomic mass is 10.1. The zero-order valence-electron chi connectivity index (χ0n) is 21.4. The first-order valence-corrected chi connectivity index (χ1v) is 12.6. The average molecular weight is 548 g/mol. The number of ether oxygens (including phenoxy) is 2. The number of imide groups is 1. The predicted octanol–water partition coefficient (Wildman–Crippen LogP) is 5.47. The highest BCUT2D eigenvalue weighted by Crippen LogP contribution is 2.35. The number of anilines is 1. The molecule has 200 valence electrons. The summed E-state index contributed by atoms with van der Waals surface area (Å²) in [5.74, 6) is -0.191. The Morgan fingerprint density at radius 1 is 1.05 bits per heavy atom. The predicted molar refractivity (Wildman–Crippen MR) is 148 cm³/mol. The summed E-state index contributed by atoms with van der Waals surface area (Å²) < 4.78 is 11.2. The van der Waals surface area contributed by atoms with Crippen LogP contribution in [-0.4, -0.2) is 40.5 Å². The van der Waals surface area contributed by atoms with Crippen molar-refractivity contribution in [2.45, 2.75) is 20.5 Å². The Morgan fingerprint density at radius 2 is 1.79 bits per heavy atom. The highest BCUT2D eigenvalue weighted by Gasteiger charge is 2.36. The maximum Gasteiger partial charge on any atom is 0.294 e. The van der Waals surface area contributed by atoms with Gasteiger partial charge in [-0.3, -0.25) is 29.4 Å². The fourth-order valence-corrected chi connectivity index (χ4v) is 4.60. The summed E-state index contributed by atoms with van der Waals surface area (Å²) in [7, 11) is 1.47. The van der Waals surface area contributed by atoms with Crippen molar-refractivity contribution in [2.24, 2.45) is 0 Å². The van der Waals surface area contributed by atoms with Gasteiger partial charge < -0.3 is 14.8 Å². The smallest absolute Gasteiger partial charge is 0.294 e. The molecule has 0 bridgehead atoms. The van der Waals surface area contributed by atoms with Crippen LogP contribution in [-0.2, 0) is 16.2 Å². The van der Waals surface area contributed by atoms with Gasteiger partial charge in [0.15, 0.2) is 11.5 Å². The largest absolute Gasteiger partial charge is 0.493 e. The Balaban J connectivity index is 1.42. The number of nitrogens with zero attached hydrogens (tertiary/aromatic N) is 2. The molecule has 0 spiro atoms. The number of thioether (sulfide) groups is 1. The lowest BCUT2D eigenvalue weighted by Gasteiger charge is -2.14. The molecule has 0 aliphatic carbocycles. The van der Waals surface area contributed by atoms with Crippen molar-refractivity contribution in [3.05, 3.63) is 97.9 Å². The van der Waals surface area contributed by atoms with E-state index in [0.29, 0.717) is 22.7 Å². The summed E-state index contributed by atoms with van der Waals surface area (Å²) in [6.07, 6.45) is 1.55. The van der Waals surface area contributed by atoms with Crippen LogP contribution in [0.1, 0.15) is 22.3 Å². The standard InChI is InChI=1S/C28H25N3O7S/c1-17-4-5-18(2)22(12-17)29-26(32)15-30-27(33)25(39-28(30)34)14-20-8-11-23(24(13-20)37-3)38-16-19-6-9-21(10-7-19)31(35)36/h4-14H,15-16H2,1-3H3,(H,29,32)/b25-14+. The van der Waals surface area contributed by atoms with Gasteiger partial charge in [0.05, 0.1) is 16.9 Å². The second-order valence-electron chi connectivity index (χ2n) is 8.76. The van der Waals surface area contributed by atoms with E-state index in [4.69, 9.17) is 9.47 Å². The summed E-state index contributed by atoms with van der Waals surface area (Å²) in [6.45, 7) is 3.53. The average Bonchev–Trinajstić information content (AvgIpc) is 3.17. The van der Waals surface area contributed by atoms with Crippen LogP contribution in [0.3, 0.4) is 0 Å². The van der Waals surface area contributed by atoms with E-state index in [0.717, 1.165) is 33.4 Å². The molecule has 0 unspecified atom stereocenters. The number of nitrogens with one attached hydrogen (secondary N) is 1. The zero-order chi connectivity index (χ0) is 28.1. The van der Waals surface area contributed by atoms with Crippen LogP contribution in [0, 0.1) is 24.0 Å². The second kappa shape index (κ2) is 11.8. The van der Waals surface area contributed by atoms with Crippen molar-refractivity contribution in [1.29, 1.82) is 0 Å². The van der Waals surface area contributed by atoms with Crippen LogP contribution in [0.15, 0.2) is 65.6 Å². The minimum absolute atomic E-state index is 0.00731. The Kier molecular flexibility index (Phi) is 8.30. The highest BCUT2D eigenvalue weighted by molar-refractivity contribution is 8.18. The molecule has 10 nitrogen and oxygen atoms in total. The van der Waals surface area contributed by atoms with Gasteiger partial charge in [-0.1, -0.05) is 18.2 Å². The molecule has 3 aromatic rings. The van der Waals surface area contributed by atoms with Gasteiger partial charge in [0.25, 0.3) is 16.8 Å². The number of hydrogen-bond acceptors (Lipinski definition) is 8. The van der Waals surface area contributed by atoms with Crippen molar-refractivity contribution in [2.75, 3.05) is 19.0 Å². The molecule has 1 saturated heterocycles. The topological polar surface area (TPSA) is 128 Å². The monoisotopic (exact) mass is 547 g/mol. The Labute approximate surface area is 228 Å². The number of hydrogen-bond donors (Lipinski definition) is 1. The van der Waals surface area contributed by atoms with Crippen molar-refractivity contribution >= 4 is 46.3 Å². The third-order valence-corrected chi connectivity index (χ3v) is 6.78. The van der Waals surface area contributed by atoms with E-state index in [9.17, 15) is 24.5 Å². The molecule has 11 heteroatoms. The summed E-state index contributed by atoms with van der Waals surface area (Å²) in [4.78, 5) is 49.4. The van der Waals surface area contributed by atoms with Crippen LogP contribution in [0.25, 0.3) is 6.08 Å². The summed E-state index contributed by atoms with van der Waals surface area (Å²) in [5.41, 5.74) is 3.81. The molecule has 0 radical (unpaired) electrons. The molecule has 1 aliphatic rings. The quantitative estimate of drug-likeness (QED) is 0.212. The normalized spacial score (nSPS) is 14.0. The molecule has 1 aliphatic heterocycles. The summed E-state index contributed by atoms with van der Waals surface area (Å²) in [6, 6.07) is 16.7. The maximum absolute atomic E-state index is 12.9. The molecule has 1 N–H and O–H groups in total. The zero-order valence-corrected chi connectivity index (χ0v) is 22.2. The van der Waals surface area contributed by atoms with Gasteiger partial charge in [-0.05, 0) is 84.3 Å². The molecule has 0 aromatic heterocycles. The van der Waals surface area contributed by atoms with Crippen LogP contribution in [0.2, 0.25) is 0 Å². The van der Waals surface area contributed by atoms with Gasteiger partial charge >= 0.3 is 0 Å². The third-order valence-electron chi connectivity index (χ3n) is 5.87. The molecule has 0 atom stereocenters. The van der Waals surface area contributed by atoms with Gasteiger partial charge in [0, 0.05) is 17.8 Å². The lowest BCUT2D eigenvalue weighted by Crippen LogP contribution is -2.36. The van der Waals surface area contributed by atoms with Crippen LogP contribution >= 0.6 is 11.8 Å². The maximum atomic E-state index is 12.9. The number of amides is 3. The van der Waals surface area contributed by atoms with E-state index in [1.165, 1.54) is 19.2 Å². The van der Waals surface area contributed by atoms with Gasteiger partial charge in [-0.2, -0.15) is 0 Å². The Hall–Kier alpha value is -4.64. The SMILES string of the molecule is COc1cc(/C=C2/SC(=O)N(CC(=O)Nc3cc(C)ccc3C)C2=O)ccc1OCc1ccc([N+](=O)[O-])cc1. The fourth-order valence-electron chi connectivity index (χ4n) is 3.76. The van der Waals surface area contributed by atoms with Gasteiger partial charge in [0.2, 0.25) is 5.91 Å². The molecule has 3 aromatic carbocycles. The number of nitro groups is 1. The molecule has 4 rings (SSSR count). The van der Waals surface area contributed by atoms with Gasteiger partial charge in [0.1, 0.15) is 13.2 Å². The first-order chi connectivity index (χ1) is 18.6. The van der Waals surface area contributed by atoms with E-state index in [1.807, 2.05) is 32.0 Å². The number of non-ortho nitro benzene ring substituents is 1. The number of benzene rings is 3. The van der Waals surface area contributed by atoms with Crippen LogP contribution in [0.4, 0.5) is 16.2 Å². The number of nitro benzene ring substituents is 1. The Bertz CT molecular complexity index is 1480. The van der Waals surface area contributed by atoms with Crippen molar-refractivity contribution < 1.29 is 28.8 Å². The summed E-state index contributed by atoms with van der Waals surface area (Å²) >= 11 is 0.757. The minimum Gasteiger partial charge on any atom is -0.493 e. The number of methoxy groups -OCH3 is 1. The van der Waals surface area contributed by atoms with Crippen molar-refractivity contribution in [1.82, 2.24) is 4.90 Å². The van der Waals surface area contributed by atoms with E-state index in [-0.39, 0.29) is 17.2 Å². The van der Waals surface area contributed by atoms with Crippen LogP contribution in [0.5, 0.6) is 11.5 Å². The Morgan fingerprint density at radius 3 is 2.49 bits per heavy atom. The third kappa shape index (κ3) is 6.63. The number of carbonyl (C=O) groups excluding carboxylic acids is 3. The van der Waals surface area contributed by atoms with Gasteiger partial charge in [-0.25, -0.2) is 0 Å². The van der Waals surface area contributed by atoms with Crippen LogP contribution < -0.4 is 14.8 Å². The van der Waals surface area contributed by atoms with Gasteiger partial charge in [-0.15, -0.1) is 0 Å². The van der Waals surface area contributed by atoms with E-state index in [1.54, 1.807) is 36.4 Å². The number of aryl methyl sites for hydroxylation is 2. The first-order valence-electron chi connectivity index (χ1n) is 11.8. The number of carbonyl (C=O) groups is 3. The molecule has 0 saturated carbocycles. The van der Waals surface area contributed by atoms with Crippen molar-refractivity contribution in [3.63, 3.8) is 0 Å². The molecule has 39 heavy (non-hydrogen) atoms. The summed E-state index contributed by atoms with van der Waals surface area (Å²) in [5, 5.41) is 13.0. The molecule has 1 heterocycles. The number of rotatable bonds is 9. The molecule has 3 amide bonds. The van der Waals surface area contributed by atoms with E-state index < -0.39 is 28.5 Å². The fraction of sp³-hybridized carbons (Fsp3) is 0.179.